The average Bonchev–Trinajstić information content (AvgIpc) is 2.38. The fourth-order valence-electron chi connectivity index (χ4n) is 1.81. The van der Waals surface area contributed by atoms with Crippen LogP contribution in [-0.2, 0) is 9.59 Å². The number of urea groups is 1. The van der Waals surface area contributed by atoms with E-state index in [1.807, 2.05) is 13.8 Å². The van der Waals surface area contributed by atoms with E-state index in [1.165, 1.54) is 30.8 Å². The molecule has 0 spiro atoms. The Hall–Kier alpha value is -1.79. The Morgan fingerprint density at radius 3 is 1.95 bits per heavy atom. The zero-order chi connectivity index (χ0) is 15.9. The molecular formula is C13H25N3O4. The zero-order valence-corrected chi connectivity index (χ0v) is 12.9. The summed E-state index contributed by atoms with van der Waals surface area (Å²) < 4.78 is 0. The Kier molecular flexibility index (Phi) is 7.64. The van der Waals surface area contributed by atoms with E-state index in [4.69, 9.17) is 5.11 Å². The van der Waals surface area contributed by atoms with E-state index < -0.39 is 11.9 Å². The number of carboxylic acid groups (broad SMARTS) is 1. The maximum atomic E-state index is 12.0. The van der Waals surface area contributed by atoms with Crippen molar-refractivity contribution in [1.82, 2.24) is 14.7 Å². The first-order chi connectivity index (χ1) is 9.24. The smallest absolute Gasteiger partial charge is 0.319 e. The van der Waals surface area contributed by atoms with Crippen LogP contribution in [0.15, 0.2) is 0 Å². The number of likely N-dealkylation sites (N-methyl/N-ethyl adjacent to an activating group) is 2. The first-order valence-electron chi connectivity index (χ1n) is 6.71. The van der Waals surface area contributed by atoms with Crippen LogP contribution in [0.25, 0.3) is 0 Å². The lowest BCUT2D eigenvalue weighted by molar-refractivity contribution is -0.141. The van der Waals surface area contributed by atoms with Gasteiger partial charge in [0.2, 0.25) is 5.91 Å². The topological polar surface area (TPSA) is 81.2 Å². The maximum Gasteiger partial charge on any atom is 0.319 e. The summed E-state index contributed by atoms with van der Waals surface area (Å²) in [6, 6.07) is -0.362. The summed E-state index contributed by atoms with van der Waals surface area (Å²) in [5, 5.41) is 8.82. The van der Waals surface area contributed by atoms with Gasteiger partial charge in [0.1, 0.15) is 6.54 Å². The largest absolute Gasteiger partial charge is 0.481 e. The summed E-state index contributed by atoms with van der Waals surface area (Å²) in [6.45, 7) is 6.59. The van der Waals surface area contributed by atoms with Crippen LogP contribution in [-0.4, -0.2) is 78.0 Å². The third-order valence-corrected chi connectivity index (χ3v) is 3.11. The van der Waals surface area contributed by atoms with E-state index >= 15 is 0 Å². The molecule has 3 amide bonds. The Labute approximate surface area is 120 Å². The van der Waals surface area contributed by atoms with E-state index in [0.29, 0.717) is 13.1 Å². The SMILES string of the molecule is CCN(CC)C(=O)CN(C)C(=O)N(C)CC(C)C(=O)O. The fraction of sp³-hybridized carbons (Fsp3) is 0.769. The van der Waals surface area contributed by atoms with Crippen molar-refractivity contribution in [1.29, 1.82) is 0 Å². The lowest BCUT2D eigenvalue weighted by atomic mass is 10.2. The summed E-state index contributed by atoms with van der Waals surface area (Å²) in [6.07, 6.45) is 0. The van der Waals surface area contributed by atoms with Gasteiger partial charge in [-0.2, -0.15) is 0 Å². The van der Waals surface area contributed by atoms with E-state index in [0.717, 1.165) is 0 Å². The highest BCUT2D eigenvalue weighted by Crippen LogP contribution is 2.02. The number of carbonyl (C=O) groups excluding carboxylic acids is 2. The molecule has 0 saturated carbocycles. The first kappa shape index (κ1) is 18.2. The van der Waals surface area contributed by atoms with E-state index in [1.54, 1.807) is 4.90 Å². The van der Waals surface area contributed by atoms with Crippen molar-refractivity contribution in [3.63, 3.8) is 0 Å². The van der Waals surface area contributed by atoms with Crippen LogP contribution >= 0.6 is 0 Å². The molecule has 0 aromatic heterocycles. The molecule has 0 aromatic rings. The molecule has 0 radical (unpaired) electrons. The summed E-state index contributed by atoms with van der Waals surface area (Å²) >= 11 is 0. The fourth-order valence-corrected chi connectivity index (χ4v) is 1.81. The van der Waals surface area contributed by atoms with Gasteiger partial charge in [-0.15, -0.1) is 0 Å². The normalized spacial score (nSPS) is 11.7. The molecule has 0 aliphatic rings. The number of nitrogens with zero attached hydrogens (tertiary/aromatic N) is 3. The van der Waals surface area contributed by atoms with E-state index in [9.17, 15) is 14.4 Å². The lowest BCUT2D eigenvalue weighted by Gasteiger charge is -2.27. The molecule has 116 valence electrons. The number of carboxylic acids is 1. The number of hydrogen-bond donors (Lipinski definition) is 1. The zero-order valence-electron chi connectivity index (χ0n) is 12.9. The number of carbonyl (C=O) groups is 3. The second-order valence-corrected chi connectivity index (χ2v) is 4.82. The first-order valence-corrected chi connectivity index (χ1v) is 6.71. The van der Waals surface area contributed by atoms with Crippen LogP contribution in [0.3, 0.4) is 0 Å². The standard InChI is InChI=1S/C13H25N3O4/c1-6-16(7-2)11(17)9-15(5)13(20)14(4)8-10(3)12(18)19/h10H,6-9H2,1-5H3,(H,18,19). The van der Waals surface area contributed by atoms with Gasteiger partial charge in [0.25, 0.3) is 0 Å². The molecule has 0 aromatic carbocycles. The number of rotatable bonds is 7. The molecule has 0 fully saturated rings. The van der Waals surface area contributed by atoms with Gasteiger partial charge in [0.05, 0.1) is 5.92 Å². The molecular weight excluding hydrogens is 262 g/mol. The second-order valence-electron chi connectivity index (χ2n) is 4.82. The molecule has 0 heterocycles. The van der Waals surface area contributed by atoms with Crippen LogP contribution in [0, 0.1) is 5.92 Å². The third kappa shape index (κ3) is 5.46. The Balaban J connectivity index is 4.47. The van der Waals surface area contributed by atoms with Crippen LogP contribution in [0.4, 0.5) is 4.79 Å². The molecule has 0 bridgehead atoms. The minimum Gasteiger partial charge on any atom is -0.481 e. The molecule has 1 unspecified atom stereocenters. The van der Waals surface area contributed by atoms with Gasteiger partial charge in [-0.05, 0) is 13.8 Å². The van der Waals surface area contributed by atoms with Crippen molar-refractivity contribution in [3.8, 4) is 0 Å². The highest BCUT2D eigenvalue weighted by atomic mass is 16.4. The van der Waals surface area contributed by atoms with Gasteiger partial charge in [0, 0.05) is 33.7 Å². The molecule has 20 heavy (non-hydrogen) atoms. The summed E-state index contributed by atoms with van der Waals surface area (Å²) in [5.74, 6) is -1.71. The van der Waals surface area contributed by atoms with Crippen molar-refractivity contribution in [2.75, 3.05) is 40.3 Å². The minimum atomic E-state index is -0.952. The van der Waals surface area contributed by atoms with Crippen molar-refractivity contribution in [3.05, 3.63) is 0 Å². The molecule has 1 atom stereocenters. The van der Waals surface area contributed by atoms with Crippen molar-refractivity contribution in [2.45, 2.75) is 20.8 Å². The van der Waals surface area contributed by atoms with Crippen molar-refractivity contribution < 1.29 is 19.5 Å². The van der Waals surface area contributed by atoms with Crippen molar-refractivity contribution in [2.24, 2.45) is 5.92 Å². The number of amides is 3. The Bertz CT molecular complexity index is 356. The quantitative estimate of drug-likeness (QED) is 0.742. The monoisotopic (exact) mass is 287 g/mol. The molecule has 1 N–H and O–H groups in total. The third-order valence-electron chi connectivity index (χ3n) is 3.11. The van der Waals surface area contributed by atoms with Gasteiger partial charge in [0.15, 0.2) is 0 Å². The average molecular weight is 287 g/mol. The second kappa shape index (κ2) is 8.39. The Morgan fingerprint density at radius 1 is 1.05 bits per heavy atom. The molecule has 0 rings (SSSR count). The maximum absolute atomic E-state index is 12.0. The molecule has 0 aliphatic carbocycles. The van der Waals surface area contributed by atoms with Gasteiger partial charge in [-0.1, -0.05) is 6.92 Å². The highest BCUT2D eigenvalue weighted by molar-refractivity contribution is 5.84. The van der Waals surface area contributed by atoms with Gasteiger partial charge in [-0.25, -0.2) is 4.79 Å². The van der Waals surface area contributed by atoms with Crippen LogP contribution in [0.5, 0.6) is 0 Å². The predicted molar refractivity (Wildman–Crippen MR) is 75.4 cm³/mol. The van der Waals surface area contributed by atoms with Gasteiger partial charge < -0.3 is 19.8 Å². The lowest BCUT2D eigenvalue weighted by Crippen LogP contribution is -2.46. The van der Waals surface area contributed by atoms with Crippen molar-refractivity contribution >= 4 is 17.9 Å². The predicted octanol–water partition coefficient (Wildman–Crippen LogP) is 0.559. The molecule has 0 aliphatic heterocycles. The van der Waals surface area contributed by atoms with Crippen LogP contribution in [0.1, 0.15) is 20.8 Å². The van der Waals surface area contributed by atoms with Gasteiger partial charge in [-0.3, -0.25) is 9.59 Å². The summed E-state index contributed by atoms with van der Waals surface area (Å²) in [7, 11) is 3.06. The summed E-state index contributed by atoms with van der Waals surface area (Å²) in [5.41, 5.74) is 0. The number of hydrogen-bond acceptors (Lipinski definition) is 3. The van der Waals surface area contributed by atoms with Gasteiger partial charge >= 0.3 is 12.0 Å². The van der Waals surface area contributed by atoms with Crippen LogP contribution in [0.2, 0.25) is 0 Å². The molecule has 7 heteroatoms. The highest BCUT2D eigenvalue weighted by Gasteiger charge is 2.22. The molecule has 7 nitrogen and oxygen atoms in total. The molecule has 0 saturated heterocycles. The van der Waals surface area contributed by atoms with Crippen LogP contribution < -0.4 is 0 Å². The summed E-state index contributed by atoms with van der Waals surface area (Å²) in [4.78, 5) is 38.9. The number of aliphatic carboxylic acids is 1. The minimum absolute atomic E-state index is 0.00763. The Morgan fingerprint density at radius 2 is 1.55 bits per heavy atom. The van der Waals surface area contributed by atoms with E-state index in [-0.39, 0.29) is 25.0 Å². The van der Waals surface area contributed by atoms with E-state index in [2.05, 4.69) is 0 Å².